The van der Waals surface area contributed by atoms with E-state index in [1.165, 1.54) is 31.2 Å². The molecule has 0 aliphatic carbocycles. The molecule has 0 heterocycles. The van der Waals surface area contributed by atoms with Crippen LogP contribution in [-0.4, -0.2) is 18.1 Å². The predicted octanol–water partition coefficient (Wildman–Crippen LogP) is 6.50. The van der Waals surface area contributed by atoms with Crippen molar-refractivity contribution in [1.29, 1.82) is 0 Å². The number of alkyl halides is 3. The summed E-state index contributed by atoms with van der Waals surface area (Å²) in [5.41, 5.74) is 2.05. The van der Waals surface area contributed by atoms with E-state index in [2.05, 4.69) is 24.8 Å². The van der Waals surface area contributed by atoms with Gasteiger partial charge in [0.2, 0.25) is 0 Å². The normalized spacial score (nSPS) is 10.2. The molecule has 1 aromatic rings. The number of Topliss-reactive ketones (excluding diaryl/α,β-unsaturated/α-hetero) is 1. The van der Waals surface area contributed by atoms with Crippen LogP contribution in [0, 0.1) is 0 Å². The van der Waals surface area contributed by atoms with E-state index < -0.39 is 6.36 Å². The molecule has 0 radical (unpaired) electrons. The van der Waals surface area contributed by atoms with Crippen molar-refractivity contribution in [3.8, 4) is 5.75 Å². The molecule has 0 spiro atoms. The van der Waals surface area contributed by atoms with Gasteiger partial charge in [-0.1, -0.05) is 31.7 Å². The maximum atomic E-state index is 12.1. The lowest BCUT2D eigenvalue weighted by atomic mass is 10.0. The SMILES string of the molecule is C=C(C)/C(=C/c1cccc(OC(F)(F)F)c1)C(C)=O.C=CCC.CC(C)=C=O. The van der Waals surface area contributed by atoms with Gasteiger partial charge in [0.05, 0.1) is 0 Å². The van der Waals surface area contributed by atoms with E-state index in [0.717, 1.165) is 6.42 Å². The molecule has 0 atom stereocenters. The number of carbonyl (C=O) groups is 1. The Bertz CT molecular complexity index is 718. The standard InChI is InChI=1S/C14H13F3O2.C4H6O.C4H8/c1-9(2)13(10(3)18)8-11-5-4-6-12(7-11)19-14(15,16)17;1-4(2)3-5;1-3-4-2/h4-8H,1H2,2-3H3;1-2H3;3H,1,4H2,2H3/b13-8-;;. The minimum absolute atomic E-state index is 0.199. The number of allylic oxidation sites excluding steroid dienone is 4. The van der Waals surface area contributed by atoms with Crippen molar-refractivity contribution in [3.05, 3.63) is 65.8 Å². The maximum absolute atomic E-state index is 12.1. The van der Waals surface area contributed by atoms with Crippen LogP contribution in [0.2, 0.25) is 0 Å². The van der Waals surface area contributed by atoms with Gasteiger partial charge in [0.25, 0.3) is 0 Å². The lowest BCUT2D eigenvalue weighted by Gasteiger charge is -2.09. The summed E-state index contributed by atoms with van der Waals surface area (Å²) in [6, 6.07) is 5.40. The molecule has 0 aromatic heterocycles. The minimum atomic E-state index is -4.74. The molecule has 1 aromatic carbocycles. The fraction of sp³-hybridized carbons (Fsp3) is 0.318. The second-order valence-corrected chi connectivity index (χ2v) is 5.81. The minimum Gasteiger partial charge on any atom is -0.406 e. The van der Waals surface area contributed by atoms with Crippen LogP contribution in [0.5, 0.6) is 5.75 Å². The number of rotatable bonds is 5. The summed E-state index contributed by atoms with van der Waals surface area (Å²) in [6.07, 6.45) is -0.298. The highest BCUT2D eigenvalue weighted by Gasteiger charge is 2.31. The Balaban J connectivity index is 0. The molecule has 1 rings (SSSR count). The topological polar surface area (TPSA) is 43.4 Å². The molecule has 0 aliphatic rings. The van der Waals surface area contributed by atoms with E-state index in [-0.39, 0.29) is 11.5 Å². The molecule has 0 N–H and O–H groups in total. The molecular formula is C22H27F3O3. The summed E-state index contributed by atoms with van der Waals surface area (Å²) in [6.45, 7) is 15.7. The first kappa shape index (κ1) is 27.4. The molecule has 3 nitrogen and oxygen atoms in total. The molecule has 0 amide bonds. The summed E-state index contributed by atoms with van der Waals surface area (Å²) in [5.74, 6) is 1.17. The fourth-order valence-electron chi connectivity index (χ4n) is 1.49. The van der Waals surface area contributed by atoms with E-state index in [1.54, 1.807) is 32.8 Å². The van der Waals surface area contributed by atoms with Gasteiger partial charge in [-0.15, -0.1) is 19.8 Å². The van der Waals surface area contributed by atoms with Crippen LogP contribution in [0.25, 0.3) is 6.08 Å². The van der Waals surface area contributed by atoms with E-state index in [9.17, 15) is 22.8 Å². The average Bonchev–Trinajstić information content (AvgIpc) is 2.58. The number of ketones is 1. The Kier molecular flexibility index (Phi) is 13.9. The average molecular weight is 396 g/mol. The largest absolute Gasteiger partial charge is 0.573 e. The summed E-state index contributed by atoms with van der Waals surface area (Å²) in [5, 5.41) is 0. The summed E-state index contributed by atoms with van der Waals surface area (Å²) in [7, 11) is 0. The number of carbonyl (C=O) groups excluding carboxylic acids is 2. The highest BCUT2D eigenvalue weighted by Crippen LogP contribution is 2.24. The van der Waals surface area contributed by atoms with Gasteiger partial charge in [-0.2, -0.15) is 0 Å². The van der Waals surface area contributed by atoms with Crippen LogP contribution < -0.4 is 4.74 Å². The number of hydrogen-bond donors (Lipinski definition) is 0. The Morgan fingerprint density at radius 3 is 2.04 bits per heavy atom. The maximum Gasteiger partial charge on any atom is 0.573 e. The second kappa shape index (κ2) is 14.2. The number of halogens is 3. The molecule has 0 saturated heterocycles. The molecule has 0 bridgehead atoms. The number of hydrogen-bond acceptors (Lipinski definition) is 3. The van der Waals surface area contributed by atoms with Crippen LogP contribution in [0.3, 0.4) is 0 Å². The van der Waals surface area contributed by atoms with Gasteiger partial charge in [-0.05, 0) is 63.5 Å². The Hall–Kier alpha value is -2.85. The zero-order valence-electron chi connectivity index (χ0n) is 16.9. The third kappa shape index (κ3) is 15.4. The van der Waals surface area contributed by atoms with Gasteiger partial charge in [0.15, 0.2) is 5.78 Å². The second-order valence-electron chi connectivity index (χ2n) is 5.81. The lowest BCUT2D eigenvalue weighted by molar-refractivity contribution is -0.274. The Morgan fingerprint density at radius 1 is 1.21 bits per heavy atom. The quantitative estimate of drug-likeness (QED) is 0.247. The predicted molar refractivity (Wildman–Crippen MR) is 108 cm³/mol. The lowest BCUT2D eigenvalue weighted by Crippen LogP contribution is -2.17. The van der Waals surface area contributed by atoms with Gasteiger partial charge in [-0.3, -0.25) is 4.79 Å². The third-order valence-corrected chi connectivity index (χ3v) is 2.73. The van der Waals surface area contributed by atoms with Crippen LogP contribution in [0.15, 0.2) is 60.2 Å². The Morgan fingerprint density at radius 2 is 1.71 bits per heavy atom. The van der Waals surface area contributed by atoms with E-state index >= 15 is 0 Å². The fourth-order valence-corrected chi connectivity index (χ4v) is 1.49. The van der Waals surface area contributed by atoms with E-state index in [4.69, 9.17) is 0 Å². The van der Waals surface area contributed by atoms with Gasteiger partial charge in [-0.25, -0.2) is 4.79 Å². The summed E-state index contributed by atoms with van der Waals surface area (Å²) >= 11 is 0. The molecule has 0 unspecified atom stereocenters. The molecule has 0 aliphatic heterocycles. The van der Waals surface area contributed by atoms with Crippen molar-refractivity contribution in [1.82, 2.24) is 0 Å². The van der Waals surface area contributed by atoms with Gasteiger partial charge in [0, 0.05) is 11.1 Å². The van der Waals surface area contributed by atoms with Crippen LogP contribution in [-0.2, 0) is 9.59 Å². The first-order chi connectivity index (χ1) is 12.9. The van der Waals surface area contributed by atoms with Crippen molar-refractivity contribution < 1.29 is 27.5 Å². The molecule has 28 heavy (non-hydrogen) atoms. The van der Waals surface area contributed by atoms with Gasteiger partial charge in [0.1, 0.15) is 11.7 Å². The van der Waals surface area contributed by atoms with Crippen molar-refractivity contribution in [2.75, 3.05) is 0 Å². The summed E-state index contributed by atoms with van der Waals surface area (Å²) < 4.78 is 40.1. The summed E-state index contributed by atoms with van der Waals surface area (Å²) in [4.78, 5) is 20.7. The van der Waals surface area contributed by atoms with Crippen molar-refractivity contribution in [2.24, 2.45) is 0 Å². The highest BCUT2D eigenvalue weighted by molar-refractivity contribution is 6.01. The molecular weight excluding hydrogens is 369 g/mol. The highest BCUT2D eigenvalue weighted by atomic mass is 19.4. The van der Waals surface area contributed by atoms with Crippen LogP contribution in [0.1, 0.15) is 46.6 Å². The van der Waals surface area contributed by atoms with Crippen LogP contribution >= 0.6 is 0 Å². The smallest absolute Gasteiger partial charge is 0.406 e. The van der Waals surface area contributed by atoms with E-state index in [1.807, 2.05) is 6.08 Å². The molecule has 0 saturated carbocycles. The zero-order chi connectivity index (χ0) is 22.3. The number of ether oxygens (including phenoxy) is 1. The number of benzene rings is 1. The van der Waals surface area contributed by atoms with E-state index in [0.29, 0.717) is 22.3 Å². The third-order valence-electron chi connectivity index (χ3n) is 2.73. The zero-order valence-corrected chi connectivity index (χ0v) is 16.9. The molecule has 0 fully saturated rings. The van der Waals surface area contributed by atoms with Crippen LogP contribution in [0.4, 0.5) is 13.2 Å². The van der Waals surface area contributed by atoms with Crippen molar-refractivity contribution in [2.45, 2.75) is 47.4 Å². The Labute approximate surface area is 164 Å². The molecule has 6 heteroatoms. The molecule has 154 valence electrons. The monoisotopic (exact) mass is 396 g/mol. The van der Waals surface area contributed by atoms with Gasteiger partial charge >= 0.3 is 6.36 Å². The van der Waals surface area contributed by atoms with Gasteiger partial charge < -0.3 is 4.74 Å². The van der Waals surface area contributed by atoms with Crippen molar-refractivity contribution >= 4 is 17.8 Å². The van der Waals surface area contributed by atoms with Crippen molar-refractivity contribution in [3.63, 3.8) is 0 Å². The first-order valence-corrected chi connectivity index (χ1v) is 8.41. The first-order valence-electron chi connectivity index (χ1n) is 8.41.